The van der Waals surface area contributed by atoms with Crippen molar-refractivity contribution in [1.29, 1.82) is 0 Å². The third kappa shape index (κ3) is 19.3. The van der Waals surface area contributed by atoms with Crippen LogP contribution in [0.3, 0.4) is 0 Å². The van der Waals surface area contributed by atoms with Crippen LogP contribution >= 0.6 is 31.1 Å². The Morgan fingerprint density at radius 3 is 1.12 bits per heavy atom. The fourth-order valence-corrected chi connectivity index (χ4v) is 22.5. The summed E-state index contributed by atoms with van der Waals surface area (Å²) >= 11 is 0. The van der Waals surface area contributed by atoms with Gasteiger partial charge < -0.3 is 14.3 Å². The molecular formula is C19H48O23P4S2Si2. The number of hydrogen-bond acceptors (Lipinski definition) is 21. The maximum atomic E-state index is 13.7. The van der Waals surface area contributed by atoms with Gasteiger partial charge in [-0.3, -0.25) is 39.5 Å². The highest BCUT2D eigenvalue weighted by Crippen LogP contribution is 2.60. The first-order chi connectivity index (χ1) is 22.9. The van der Waals surface area contributed by atoms with Gasteiger partial charge >= 0.3 is 69.5 Å². The van der Waals surface area contributed by atoms with Crippen LogP contribution < -0.4 is 0 Å². The van der Waals surface area contributed by atoms with E-state index < -0.39 is 121 Å². The number of phosphoric ester groups is 2. The smallest absolute Gasteiger partial charge is 0.309 e. The molecule has 23 nitrogen and oxygen atoms in total. The van der Waals surface area contributed by atoms with Crippen molar-refractivity contribution in [3.8, 4) is 0 Å². The van der Waals surface area contributed by atoms with Crippen molar-refractivity contribution in [3.05, 3.63) is 0 Å². The first kappa shape index (κ1) is 50.7. The molecule has 0 heterocycles. The molecule has 0 aliphatic heterocycles. The van der Waals surface area contributed by atoms with Gasteiger partial charge in [-0.05, 0) is 54.9 Å². The van der Waals surface area contributed by atoms with E-state index in [9.17, 15) is 44.9 Å². The third-order valence-electron chi connectivity index (χ3n) is 4.85. The average Bonchev–Trinajstić information content (AvgIpc) is 2.91. The lowest BCUT2D eigenvalue weighted by molar-refractivity contribution is 0.126. The summed E-state index contributed by atoms with van der Waals surface area (Å²) in [5.41, 5.74) is 0. The molecule has 0 saturated carbocycles. The van der Waals surface area contributed by atoms with Crippen LogP contribution in [-0.2, 0) is 94.6 Å². The zero-order chi connectivity index (χ0) is 39.0. The van der Waals surface area contributed by atoms with Crippen molar-refractivity contribution in [1.82, 2.24) is 0 Å². The number of hydrogen-bond donors (Lipinski definition) is 2. The Labute approximate surface area is 295 Å². The minimum Gasteiger partial charge on any atom is -0.309 e. The van der Waals surface area contributed by atoms with Crippen molar-refractivity contribution < 1.29 is 100 Å². The van der Waals surface area contributed by atoms with Crippen molar-refractivity contribution in [2.75, 3.05) is 52.4 Å². The Kier molecular flexibility index (Phi) is 22.6. The molecule has 0 rings (SSSR count). The van der Waals surface area contributed by atoms with Gasteiger partial charge in [-0.25, -0.2) is 29.8 Å². The van der Waals surface area contributed by atoms with Gasteiger partial charge in [-0.2, -0.15) is 16.8 Å². The van der Waals surface area contributed by atoms with Crippen molar-refractivity contribution in [2.24, 2.45) is 0 Å². The molecule has 0 fully saturated rings. The predicted octanol–water partition coefficient (Wildman–Crippen LogP) is 4.62. The van der Waals surface area contributed by atoms with Gasteiger partial charge in [-0.15, -0.1) is 0 Å². The maximum Gasteiger partial charge on any atom is 0.534 e. The van der Waals surface area contributed by atoms with Gasteiger partial charge in [-0.1, -0.05) is 6.92 Å². The molecule has 0 radical (unpaired) electrons. The molecule has 2 N–H and O–H groups in total. The highest BCUT2D eigenvalue weighted by molar-refractivity contribution is 7.83. The summed E-state index contributed by atoms with van der Waals surface area (Å²) in [6, 6.07) is -2.14. The molecule has 302 valence electrons. The summed E-state index contributed by atoms with van der Waals surface area (Å²) in [4.78, 5) is 19.6. The molecule has 0 bridgehead atoms. The summed E-state index contributed by atoms with van der Waals surface area (Å²) < 4.78 is 170. The molecule has 0 aromatic carbocycles. The number of rotatable bonds is 31. The van der Waals surface area contributed by atoms with Crippen LogP contribution in [0.5, 0.6) is 0 Å². The van der Waals surface area contributed by atoms with E-state index in [-0.39, 0.29) is 19.8 Å². The highest BCUT2D eigenvalue weighted by Gasteiger charge is 2.60. The zero-order valence-electron chi connectivity index (χ0n) is 28.9. The topological polar surface area (TPSA) is 297 Å². The second kappa shape index (κ2) is 22.3. The second-order valence-electron chi connectivity index (χ2n) is 8.78. The summed E-state index contributed by atoms with van der Waals surface area (Å²) in [7, 11) is -41.6. The predicted molar refractivity (Wildman–Crippen MR) is 177 cm³/mol. The molecule has 31 heteroatoms. The van der Waals surface area contributed by atoms with Crippen LogP contribution in [0.1, 0.15) is 61.8 Å². The molecule has 0 saturated heterocycles. The normalized spacial score (nSPS) is 17.2. The van der Waals surface area contributed by atoms with E-state index in [1.54, 1.807) is 0 Å². The molecule has 0 aromatic rings. The average molecular weight is 889 g/mol. The Hall–Kier alpha value is 0.654. The van der Waals surface area contributed by atoms with E-state index >= 15 is 0 Å². The van der Waals surface area contributed by atoms with Crippen molar-refractivity contribution in [3.63, 3.8) is 0 Å². The van der Waals surface area contributed by atoms with Gasteiger partial charge in [0, 0.05) is 18.3 Å². The molecule has 50 heavy (non-hydrogen) atoms. The van der Waals surface area contributed by atoms with Gasteiger partial charge in [0.05, 0.1) is 46.2 Å². The van der Waals surface area contributed by atoms with Crippen LogP contribution in [0.4, 0.5) is 0 Å². The Morgan fingerprint density at radius 1 is 0.500 bits per heavy atom. The molecule has 0 aromatic heterocycles. The Balaban J connectivity index is 7.64. The van der Waals surface area contributed by atoms with E-state index in [4.69, 9.17) is 47.2 Å². The Morgan fingerprint density at radius 2 is 0.840 bits per heavy atom. The SMILES string of the molecule is CCOP(=O)(CC)O[Si](CCC[Si](OP(=O)(O)O)(OP(=O)(OCC)OCC)OS(=O)(=O)OCC)(OP(=O)(OCC)OCC)OS(=O)(=O)OCC. The minimum atomic E-state index is -5.83. The molecule has 0 aliphatic rings. The van der Waals surface area contributed by atoms with E-state index in [2.05, 4.69) is 8.37 Å². The molecular weight excluding hydrogens is 840 g/mol. The van der Waals surface area contributed by atoms with Gasteiger partial charge in [0.15, 0.2) is 0 Å². The van der Waals surface area contributed by atoms with Crippen molar-refractivity contribution >= 4 is 69.5 Å². The van der Waals surface area contributed by atoms with Gasteiger partial charge in [0.1, 0.15) is 0 Å². The lowest BCUT2D eigenvalue weighted by Gasteiger charge is -2.34. The summed E-state index contributed by atoms with van der Waals surface area (Å²) in [5, 5.41) is 0. The van der Waals surface area contributed by atoms with Crippen LogP contribution in [0.25, 0.3) is 0 Å². The van der Waals surface area contributed by atoms with E-state index in [1.807, 2.05) is 0 Å². The molecule has 3 unspecified atom stereocenters. The summed E-state index contributed by atoms with van der Waals surface area (Å²) in [5.74, 6) is 0. The summed E-state index contributed by atoms with van der Waals surface area (Å²) in [6.45, 7) is 7.79. The summed E-state index contributed by atoms with van der Waals surface area (Å²) in [6.07, 6.45) is -1.27. The Bertz CT molecular complexity index is 1410. The third-order valence-corrected chi connectivity index (χ3v) is 23.5. The highest BCUT2D eigenvalue weighted by atomic mass is 32.3. The van der Waals surface area contributed by atoms with E-state index in [0.717, 1.165) is 0 Å². The maximum absolute atomic E-state index is 13.7. The molecule has 0 aliphatic carbocycles. The molecule has 0 amide bonds. The largest absolute Gasteiger partial charge is 0.534 e. The molecule has 3 atom stereocenters. The first-order valence-electron chi connectivity index (χ1n) is 15.0. The standard InChI is InChI=1S/C19H48O23P4S2Si2/c1-9-30-43(20,16-8)37-49(41-47(26,27)35-14-6,39-45(24,31-10-2)32-11-3)18-17-19-50(38-44(21,22)23,42-48(28,29)36-15-7)40-46(25,33-12-4)34-13-5/h9-19H2,1-8H3,(H2,21,22,23). The second-order valence-corrected chi connectivity index (χ2v) is 24.8. The van der Waals surface area contributed by atoms with Gasteiger partial charge in [0.2, 0.25) is 0 Å². The lowest BCUT2D eigenvalue weighted by Crippen LogP contribution is -2.49. The van der Waals surface area contributed by atoms with Crippen LogP contribution in [0.15, 0.2) is 0 Å². The quantitative estimate of drug-likeness (QED) is 0.0708. The number of phosphoric acid groups is 3. The van der Waals surface area contributed by atoms with Crippen molar-refractivity contribution in [2.45, 2.75) is 73.9 Å². The molecule has 0 spiro atoms. The van der Waals surface area contributed by atoms with Gasteiger partial charge in [0.25, 0.3) is 0 Å². The monoisotopic (exact) mass is 888 g/mol. The lowest BCUT2D eigenvalue weighted by atomic mass is 10.6. The van der Waals surface area contributed by atoms with E-state index in [1.165, 1.54) is 55.4 Å². The fraction of sp³-hybridized carbons (Fsp3) is 1.00. The van der Waals surface area contributed by atoms with E-state index in [0.29, 0.717) is 0 Å². The first-order valence-corrected chi connectivity index (χ1v) is 27.7. The zero-order valence-corrected chi connectivity index (χ0v) is 36.1. The van der Waals surface area contributed by atoms with Crippen LogP contribution in [0, 0.1) is 0 Å². The van der Waals surface area contributed by atoms with Crippen LogP contribution in [-0.4, -0.2) is 96.6 Å². The fourth-order valence-electron chi connectivity index (χ4n) is 3.45. The minimum absolute atomic E-state index is 0.254. The van der Waals surface area contributed by atoms with Crippen LogP contribution in [0.2, 0.25) is 12.1 Å².